The molecule has 0 saturated heterocycles. The quantitative estimate of drug-likeness (QED) is 0.649. The number of nitrogens with zero attached hydrogens (tertiary/aromatic N) is 2. The maximum Gasteiger partial charge on any atom is 0.311 e. The second-order valence-corrected chi connectivity index (χ2v) is 4.17. The summed E-state index contributed by atoms with van der Waals surface area (Å²) >= 11 is 0. The zero-order valence-electron chi connectivity index (χ0n) is 11.7. The number of hydrogen-bond donors (Lipinski definition) is 1. The number of pyridine rings is 1. The Bertz CT molecular complexity index is 646. The van der Waals surface area contributed by atoms with Gasteiger partial charge >= 0.3 is 5.69 Å². The van der Waals surface area contributed by atoms with Gasteiger partial charge in [0.05, 0.1) is 19.1 Å². The summed E-state index contributed by atoms with van der Waals surface area (Å²) in [5.41, 5.74) is 1.53. The standard InChI is InChI=1S/C14H15N3O4/c1-20-13-8-11(5-6-12(13)17(18)19)16-9-10-4-3-7-15-14(10)21-2/h3-8,16H,9H2,1-2H3. The third kappa shape index (κ3) is 3.38. The number of anilines is 1. The fraction of sp³-hybridized carbons (Fsp3) is 0.214. The molecular weight excluding hydrogens is 274 g/mol. The van der Waals surface area contributed by atoms with Gasteiger partial charge < -0.3 is 14.8 Å². The Hall–Kier alpha value is -2.83. The van der Waals surface area contributed by atoms with Crippen molar-refractivity contribution in [3.05, 3.63) is 52.2 Å². The molecule has 110 valence electrons. The molecule has 1 N–H and O–H groups in total. The molecular formula is C14H15N3O4. The van der Waals surface area contributed by atoms with E-state index in [9.17, 15) is 10.1 Å². The lowest BCUT2D eigenvalue weighted by Gasteiger charge is -2.10. The number of benzene rings is 1. The molecule has 0 unspecified atom stereocenters. The lowest BCUT2D eigenvalue weighted by atomic mass is 10.2. The lowest BCUT2D eigenvalue weighted by molar-refractivity contribution is -0.385. The molecule has 0 fully saturated rings. The fourth-order valence-electron chi connectivity index (χ4n) is 1.88. The van der Waals surface area contributed by atoms with Gasteiger partial charge in [-0.25, -0.2) is 4.98 Å². The van der Waals surface area contributed by atoms with Crippen molar-refractivity contribution in [1.82, 2.24) is 4.98 Å². The Morgan fingerprint density at radius 2 is 2.10 bits per heavy atom. The van der Waals surface area contributed by atoms with E-state index in [1.54, 1.807) is 25.4 Å². The van der Waals surface area contributed by atoms with Crippen LogP contribution in [0.25, 0.3) is 0 Å². The Kier molecular flexibility index (Phi) is 4.55. The normalized spacial score (nSPS) is 10.0. The Morgan fingerprint density at radius 1 is 1.29 bits per heavy atom. The average molecular weight is 289 g/mol. The van der Waals surface area contributed by atoms with E-state index >= 15 is 0 Å². The first-order valence-corrected chi connectivity index (χ1v) is 6.20. The van der Waals surface area contributed by atoms with Crippen LogP contribution in [0.3, 0.4) is 0 Å². The molecule has 0 aliphatic heterocycles. The third-order valence-corrected chi connectivity index (χ3v) is 2.90. The summed E-state index contributed by atoms with van der Waals surface area (Å²) in [6.45, 7) is 0.484. The number of aromatic nitrogens is 1. The van der Waals surface area contributed by atoms with Gasteiger partial charge in [0, 0.05) is 36.1 Å². The molecule has 2 aromatic rings. The number of methoxy groups -OCH3 is 2. The fourth-order valence-corrected chi connectivity index (χ4v) is 1.88. The van der Waals surface area contributed by atoms with Gasteiger partial charge in [-0.3, -0.25) is 10.1 Å². The van der Waals surface area contributed by atoms with Crippen LogP contribution in [0.1, 0.15) is 5.56 Å². The maximum atomic E-state index is 10.8. The number of ether oxygens (including phenoxy) is 2. The van der Waals surface area contributed by atoms with E-state index in [4.69, 9.17) is 9.47 Å². The van der Waals surface area contributed by atoms with Gasteiger partial charge in [0.1, 0.15) is 0 Å². The minimum absolute atomic E-state index is 0.0676. The van der Waals surface area contributed by atoms with E-state index in [-0.39, 0.29) is 11.4 Å². The molecule has 0 atom stereocenters. The summed E-state index contributed by atoms with van der Waals surface area (Å²) in [4.78, 5) is 14.5. The topological polar surface area (TPSA) is 86.5 Å². The van der Waals surface area contributed by atoms with E-state index in [1.165, 1.54) is 13.2 Å². The molecule has 21 heavy (non-hydrogen) atoms. The third-order valence-electron chi connectivity index (χ3n) is 2.90. The van der Waals surface area contributed by atoms with Gasteiger partial charge in [-0.2, -0.15) is 0 Å². The Balaban J connectivity index is 2.15. The van der Waals surface area contributed by atoms with E-state index < -0.39 is 4.92 Å². The molecule has 2 rings (SSSR count). The van der Waals surface area contributed by atoms with Crippen LogP contribution in [0, 0.1) is 10.1 Å². The van der Waals surface area contributed by atoms with Gasteiger partial charge in [-0.05, 0) is 12.1 Å². The van der Waals surface area contributed by atoms with Crippen molar-refractivity contribution in [2.75, 3.05) is 19.5 Å². The molecule has 1 aromatic heterocycles. The highest BCUT2D eigenvalue weighted by Crippen LogP contribution is 2.30. The SMILES string of the molecule is COc1cc(NCc2cccnc2OC)ccc1[N+](=O)[O-]. The first-order chi connectivity index (χ1) is 10.2. The largest absolute Gasteiger partial charge is 0.490 e. The van der Waals surface area contributed by atoms with Gasteiger partial charge in [0.15, 0.2) is 5.75 Å². The van der Waals surface area contributed by atoms with Crippen LogP contribution in [-0.2, 0) is 6.54 Å². The highest BCUT2D eigenvalue weighted by atomic mass is 16.6. The van der Waals surface area contributed by atoms with Crippen LogP contribution in [0.15, 0.2) is 36.5 Å². The smallest absolute Gasteiger partial charge is 0.311 e. The second-order valence-electron chi connectivity index (χ2n) is 4.17. The summed E-state index contributed by atoms with van der Waals surface area (Å²) in [7, 11) is 2.96. The summed E-state index contributed by atoms with van der Waals surface area (Å²) in [6, 6.07) is 8.32. The van der Waals surface area contributed by atoms with Crippen molar-refractivity contribution in [3.8, 4) is 11.6 Å². The molecule has 0 aliphatic carbocycles. The molecule has 7 heteroatoms. The highest BCUT2D eigenvalue weighted by Gasteiger charge is 2.14. The van der Waals surface area contributed by atoms with Crippen LogP contribution in [0.4, 0.5) is 11.4 Å². The van der Waals surface area contributed by atoms with Crippen LogP contribution in [-0.4, -0.2) is 24.1 Å². The number of nitro groups is 1. The van der Waals surface area contributed by atoms with Crippen molar-refractivity contribution in [3.63, 3.8) is 0 Å². The molecule has 0 aliphatic rings. The van der Waals surface area contributed by atoms with Crippen molar-refractivity contribution in [1.29, 1.82) is 0 Å². The molecule has 0 saturated carbocycles. The summed E-state index contributed by atoms with van der Waals surface area (Å²) < 4.78 is 10.2. The minimum Gasteiger partial charge on any atom is -0.490 e. The predicted molar refractivity (Wildman–Crippen MR) is 77.8 cm³/mol. The maximum absolute atomic E-state index is 10.8. The molecule has 0 radical (unpaired) electrons. The van der Waals surface area contributed by atoms with Crippen LogP contribution < -0.4 is 14.8 Å². The van der Waals surface area contributed by atoms with Gasteiger partial charge in [0.2, 0.25) is 5.88 Å². The molecule has 0 amide bonds. The van der Waals surface area contributed by atoms with Crippen molar-refractivity contribution in [2.24, 2.45) is 0 Å². The van der Waals surface area contributed by atoms with E-state index in [0.717, 1.165) is 5.56 Å². The van der Waals surface area contributed by atoms with Crippen molar-refractivity contribution in [2.45, 2.75) is 6.54 Å². The van der Waals surface area contributed by atoms with Crippen LogP contribution in [0.5, 0.6) is 11.6 Å². The number of hydrogen-bond acceptors (Lipinski definition) is 6. The molecule has 1 heterocycles. The van der Waals surface area contributed by atoms with Crippen LogP contribution in [0.2, 0.25) is 0 Å². The number of nitro benzene ring substituents is 1. The zero-order valence-corrected chi connectivity index (χ0v) is 11.7. The average Bonchev–Trinajstić information content (AvgIpc) is 2.52. The first kappa shape index (κ1) is 14.6. The molecule has 0 bridgehead atoms. The van der Waals surface area contributed by atoms with Gasteiger partial charge in [0.25, 0.3) is 0 Å². The first-order valence-electron chi connectivity index (χ1n) is 6.20. The summed E-state index contributed by atoms with van der Waals surface area (Å²) in [5.74, 6) is 0.752. The van der Waals surface area contributed by atoms with E-state index in [2.05, 4.69) is 10.3 Å². The van der Waals surface area contributed by atoms with E-state index in [1.807, 2.05) is 12.1 Å². The zero-order chi connectivity index (χ0) is 15.2. The lowest BCUT2D eigenvalue weighted by Crippen LogP contribution is -2.03. The highest BCUT2D eigenvalue weighted by molar-refractivity contribution is 5.58. The number of nitrogens with one attached hydrogen (secondary N) is 1. The van der Waals surface area contributed by atoms with Crippen LogP contribution >= 0.6 is 0 Å². The van der Waals surface area contributed by atoms with Crippen molar-refractivity contribution < 1.29 is 14.4 Å². The molecule has 0 spiro atoms. The van der Waals surface area contributed by atoms with E-state index in [0.29, 0.717) is 18.1 Å². The second kappa shape index (κ2) is 6.56. The monoisotopic (exact) mass is 289 g/mol. The predicted octanol–water partition coefficient (Wildman–Crippen LogP) is 2.62. The molecule has 1 aromatic carbocycles. The van der Waals surface area contributed by atoms with Gasteiger partial charge in [-0.15, -0.1) is 0 Å². The van der Waals surface area contributed by atoms with Gasteiger partial charge in [-0.1, -0.05) is 6.07 Å². The van der Waals surface area contributed by atoms with Crippen molar-refractivity contribution >= 4 is 11.4 Å². The summed E-state index contributed by atoms with van der Waals surface area (Å²) in [6.07, 6.45) is 1.65. The molecule has 7 nitrogen and oxygen atoms in total. The number of rotatable bonds is 6. The minimum atomic E-state index is -0.479. The Labute approximate surface area is 121 Å². The Morgan fingerprint density at radius 3 is 2.76 bits per heavy atom. The summed E-state index contributed by atoms with van der Waals surface area (Å²) in [5, 5.41) is 14.0.